The molecule has 1 heterocycles. The van der Waals surface area contributed by atoms with Gasteiger partial charge in [0.25, 0.3) is 0 Å². The summed E-state index contributed by atoms with van der Waals surface area (Å²) in [6.07, 6.45) is 1.77. The number of carbonyl (C=O) groups is 3. The number of hydrogen-bond donors (Lipinski definition) is 4. The Morgan fingerprint density at radius 1 is 1.47 bits per heavy atom. The van der Waals surface area contributed by atoms with Crippen molar-refractivity contribution in [2.75, 3.05) is 6.54 Å². The molecule has 9 heteroatoms. The molecule has 0 bridgehead atoms. The van der Waals surface area contributed by atoms with Crippen molar-refractivity contribution in [1.82, 2.24) is 15.6 Å². The summed E-state index contributed by atoms with van der Waals surface area (Å²) < 4.78 is 0. The number of nitrogens with two attached hydrogens (primary N) is 1. The minimum absolute atomic E-state index is 0.322. The molecule has 0 fully saturated rings. The van der Waals surface area contributed by atoms with Crippen LogP contribution in [0.2, 0.25) is 0 Å². The molecule has 0 saturated carbocycles. The van der Waals surface area contributed by atoms with Crippen LogP contribution in [0.5, 0.6) is 0 Å². The molecule has 0 aliphatic carbocycles. The van der Waals surface area contributed by atoms with E-state index in [1.165, 1.54) is 11.3 Å². The number of hydrogen-bond acceptors (Lipinski definition) is 5. The number of nitrogens with one attached hydrogen (secondary N) is 2. The number of nitrogens with zero attached hydrogens (tertiary/aromatic N) is 1. The summed E-state index contributed by atoms with van der Waals surface area (Å²) in [5.74, 6) is -2.11. The third-order valence-corrected chi connectivity index (χ3v) is 2.96. The van der Waals surface area contributed by atoms with Gasteiger partial charge in [-0.05, 0) is 0 Å². The number of carbonyl (C=O) groups excluding carboxylic acids is 2. The van der Waals surface area contributed by atoms with Gasteiger partial charge >= 0.3 is 12.0 Å². The Hall–Kier alpha value is -2.16. The summed E-state index contributed by atoms with van der Waals surface area (Å²) in [5, 5.41) is 16.1. The van der Waals surface area contributed by atoms with E-state index in [2.05, 4.69) is 15.6 Å². The quantitative estimate of drug-likeness (QED) is 0.526. The van der Waals surface area contributed by atoms with E-state index in [9.17, 15) is 14.4 Å². The van der Waals surface area contributed by atoms with E-state index in [0.29, 0.717) is 13.0 Å². The van der Waals surface area contributed by atoms with Crippen LogP contribution in [0.15, 0.2) is 11.6 Å². The molecule has 0 aromatic carbocycles. The van der Waals surface area contributed by atoms with Gasteiger partial charge < -0.3 is 21.5 Å². The molecule has 0 unspecified atom stereocenters. The van der Waals surface area contributed by atoms with Crippen molar-refractivity contribution in [2.45, 2.75) is 18.9 Å². The van der Waals surface area contributed by atoms with Gasteiger partial charge in [-0.3, -0.25) is 4.79 Å². The largest absolute Gasteiger partial charge is 0.480 e. The lowest BCUT2D eigenvalue weighted by atomic mass is 10.2. The first-order valence-corrected chi connectivity index (χ1v) is 6.31. The number of carboxylic acids is 1. The number of carboxylic acid groups (broad SMARTS) is 1. The van der Waals surface area contributed by atoms with Gasteiger partial charge in [-0.2, -0.15) is 0 Å². The van der Waals surface area contributed by atoms with Gasteiger partial charge in [0.1, 0.15) is 6.04 Å². The normalized spacial score (nSPS) is 11.6. The van der Waals surface area contributed by atoms with Crippen molar-refractivity contribution in [3.63, 3.8) is 0 Å². The smallest absolute Gasteiger partial charge is 0.326 e. The molecule has 1 aromatic rings. The number of thiazole rings is 1. The van der Waals surface area contributed by atoms with Crippen molar-refractivity contribution in [3.8, 4) is 0 Å². The van der Waals surface area contributed by atoms with Crippen LogP contribution in [0, 0.1) is 0 Å². The second-order valence-electron chi connectivity index (χ2n) is 3.64. The number of aromatic nitrogens is 1. The zero-order valence-corrected chi connectivity index (χ0v) is 10.8. The molecule has 0 aliphatic heterocycles. The standard InChI is InChI=1S/C10H14N4O4S/c11-7(15)5-6(9(16)17)14-10(18)13-2-1-8-12-3-4-19-8/h3-4,6H,1-2,5H2,(H2,11,15)(H,16,17)(H2,13,14,18)/t6-/m1/s1. The Kier molecular flexibility index (Phi) is 5.73. The van der Waals surface area contributed by atoms with Crippen LogP contribution in [0.1, 0.15) is 11.4 Å². The van der Waals surface area contributed by atoms with Crippen molar-refractivity contribution in [1.29, 1.82) is 0 Å². The monoisotopic (exact) mass is 286 g/mol. The predicted molar refractivity (Wildman–Crippen MR) is 67.6 cm³/mol. The highest BCUT2D eigenvalue weighted by Gasteiger charge is 2.21. The van der Waals surface area contributed by atoms with Crippen LogP contribution in [-0.4, -0.2) is 40.6 Å². The van der Waals surface area contributed by atoms with E-state index in [0.717, 1.165) is 5.01 Å². The van der Waals surface area contributed by atoms with E-state index in [1.54, 1.807) is 6.20 Å². The second-order valence-corrected chi connectivity index (χ2v) is 4.62. The fourth-order valence-corrected chi connectivity index (χ4v) is 1.89. The minimum atomic E-state index is -1.32. The average Bonchev–Trinajstić information content (AvgIpc) is 2.80. The number of aliphatic carboxylic acids is 1. The lowest BCUT2D eigenvalue weighted by Crippen LogP contribution is -2.48. The van der Waals surface area contributed by atoms with E-state index >= 15 is 0 Å². The summed E-state index contributed by atoms with van der Waals surface area (Å²) in [6.45, 7) is 0.322. The molecule has 104 valence electrons. The molecule has 0 aliphatic rings. The topological polar surface area (TPSA) is 134 Å². The van der Waals surface area contributed by atoms with Crippen LogP contribution in [-0.2, 0) is 16.0 Å². The van der Waals surface area contributed by atoms with Crippen LogP contribution < -0.4 is 16.4 Å². The highest BCUT2D eigenvalue weighted by molar-refractivity contribution is 7.09. The molecular formula is C10H14N4O4S. The van der Waals surface area contributed by atoms with Gasteiger partial charge in [0.2, 0.25) is 5.91 Å². The maximum atomic E-state index is 11.4. The Morgan fingerprint density at radius 3 is 2.74 bits per heavy atom. The molecule has 5 N–H and O–H groups in total. The second kappa shape index (κ2) is 7.31. The number of primary amides is 1. The summed E-state index contributed by atoms with van der Waals surface area (Å²) in [6, 6.07) is -1.98. The summed E-state index contributed by atoms with van der Waals surface area (Å²) in [4.78, 5) is 36.9. The summed E-state index contributed by atoms with van der Waals surface area (Å²) >= 11 is 1.46. The third kappa shape index (κ3) is 5.82. The molecule has 0 saturated heterocycles. The van der Waals surface area contributed by atoms with E-state index in [1.807, 2.05) is 5.38 Å². The first-order valence-electron chi connectivity index (χ1n) is 5.43. The SMILES string of the molecule is NC(=O)C[C@@H](NC(=O)NCCc1nccs1)C(=O)O. The molecule has 8 nitrogen and oxygen atoms in total. The molecule has 1 aromatic heterocycles. The molecule has 1 atom stereocenters. The van der Waals surface area contributed by atoms with Gasteiger partial charge in [-0.15, -0.1) is 11.3 Å². The number of urea groups is 1. The highest BCUT2D eigenvalue weighted by Crippen LogP contribution is 2.03. The summed E-state index contributed by atoms with van der Waals surface area (Å²) in [7, 11) is 0. The van der Waals surface area contributed by atoms with Gasteiger partial charge in [0.15, 0.2) is 0 Å². The van der Waals surface area contributed by atoms with Crippen molar-refractivity contribution >= 4 is 29.2 Å². The fourth-order valence-electron chi connectivity index (χ4n) is 1.27. The van der Waals surface area contributed by atoms with E-state index < -0.39 is 30.4 Å². The average molecular weight is 286 g/mol. The third-order valence-electron chi connectivity index (χ3n) is 2.12. The van der Waals surface area contributed by atoms with Crippen molar-refractivity contribution in [2.24, 2.45) is 5.73 Å². The van der Waals surface area contributed by atoms with Crippen LogP contribution in [0.3, 0.4) is 0 Å². The molecule has 3 amide bonds. The summed E-state index contributed by atoms with van der Waals surface area (Å²) in [5.41, 5.74) is 4.89. The molecule has 1 rings (SSSR count). The maximum Gasteiger partial charge on any atom is 0.326 e. The zero-order chi connectivity index (χ0) is 14.3. The zero-order valence-electron chi connectivity index (χ0n) is 9.96. The van der Waals surface area contributed by atoms with Gasteiger partial charge in [0, 0.05) is 24.5 Å². The van der Waals surface area contributed by atoms with Gasteiger partial charge in [0.05, 0.1) is 11.4 Å². The van der Waals surface area contributed by atoms with Crippen LogP contribution >= 0.6 is 11.3 Å². The fraction of sp³-hybridized carbons (Fsp3) is 0.400. The van der Waals surface area contributed by atoms with Gasteiger partial charge in [-0.1, -0.05) is 0 Å². The molecular weight excluding hydrogens is 272 g/mol. The lowest BCUT2D eigenvalue weighted by Gasteiger charge is -2.13. The predicted octanol–water partition coefficient (Wildman–Crippen LogP) is -0.687. The van der Waals surface area contributed by atoms with Crippen LogP contribution in [0.25, 0.3) is 0 Å². The number of amides is 3. The Balaban J connectivity index is 2.32. The molecule has 0 radical (unpaired) electrons. The first kappa shape index (κ1) is 14.9. The van der Waals surface area contributed by atoms with Crippen LogP contribution in [0.4, 0.5) is 4.79 Å². The Labute approximate surface area is 113 Å². The Morgan fingerprint density at radius 2 is 2.21 bits per heavy atom. The first-order chi connectivity index (χ1) is 8.99. The maximum absolute atomic E-state index is 11.4. The lowest BCUT2D eigenvalue weighted by molar-refractivity contribution is -0.140. The molecule has 19 heavy (non-hydrogen) atoms. The van der Waals surface area contributed by atoms with Crippen molar-refractivity contribution in [3.05, 3.63) is 16.6 Å². The van der Waals surface area contributed by atoms with E-state index in [4.69, 9.17) is 10.8 Å². The van der Waals surface area contributed by atoms with Gasteiger partial charge in [-0.25, -0.2) is 14.6 Å². The minimum Gasteiger partial charge on any atom is -0.480 e. The van der Waals surface area contributed by atoms with Crippen molar-refractivity contribution < 1.29 is 19.5 Å². The Bertz CT molecular complexity index is 448. The van der Waals surface area contributed by atoms with E-state index in [-0.39, 0.29) is 0 Å². The number of rotatable bonds is 7. The molecule has 0 spiro atoms. The highest BCUT2D eigenvalue weighted by atomic mass is 32.1.